The lowest BCUT2D eigenvalue weighted by Crippen LogP contribution is -2.39. The molecule has 2 aromatic carbocycles. The van der Waals surface area contributed by atoms with Gasteiger partial charge in [0.1, 0.15) is 17.2 Å². The predicted octanol–water partition coefficient (Wildman–Crippen LogP) is 5.27. The van der Waals surface area contributed by atoms with E-state index in [9.17, 15) is 13.6 Å². The minimum absolute atomic E-state index is 0.207. The average Bonchev–Trinajstić information content (AvgIpc) is 2.57. The average molecular weight is 372 g/mol. The van der Waals surface area contributed by atoms with Crippen LogP contribution in [0.1, 0.15) is 60.3 Å². The van der Waals surface area contributed by atoms with Crippen molar-refractivity contribution in [1.82, 2.24) is 0 Å². The molecule has 0 fully saturated rings. The Bertz CT molecular complexity index is 935. The van der Waals surface area contributed by atoms with Gasteiger partial charge in [-0.2, -0.15) is 0 Å². The molecule has 0 unspecified atom stereocenters. The number of fused-ring (bicyclic) bond motifs is 1. The molecule has 0 aliphatic carbocycles. The van der Waals surface area contributed by atoms with Crippen molar-refractivity contribution in [3.8, 4) is 0 Å². The van der Waals surface area contributed by atoms with Crippen molar-refractivity contribution in [2.45, 2.75) is 38.7 Å². The third-order valence-corrected chi connectivity index (χ3v) is 5.14. The van der Waals surface area contributed by atoms with E-state index < -0.39 is 28.8 Å². The maximum Gasteiger partial charge on any atom is 0.341 e. The standard InChI is InChI=1S/C22H22F2O3/c1-12(14-9-17(23)19(20(25)26)18(24)10-14)13-6-7-15-16(8-13)21(2,3)11-27-22(15,4)5/h6-10H,1,11H2,2-5H3,(H,25,26). The Labute approximate surface area is 157 Å². The first-order valence-electron chi connectivity index (χ1n) is 8.65. The predicted molar refractivity (Wildman–Crippen MR) is 99.9 cm³/mol. The molecule has 1 N–H and O–H groups in total. The molecule has 2 aromatic rings. The number of rotatable bonds is 3. The van der Waals surface area contributed by atoms with E-state index in [1.807, 2.05) is 32.0 Å². The summed E-state index contributed by atoms with van der Waals surface area (Å²) in [6, 6.07) is 7.78. The van der Waals surface area contributed by atoms with E-state index in [4.69, 9.17) is 9.84 Å². The SMILES string of the molecule is C=C(c1cc(F)c(C(=O)O)c(F)c1)c1ccc2c(c1)C(C)(C)COC2(C)C. The summed E-state index contributed by atoms with van der Waals surface area (Å²) in [7, 11) is 0. The third kappa shape index (κ3) is 3.28. The van der Waals surface area contributed by atoms with E-state index in [1.165, 1.54) is 0 Å². The second-order valence-electron chi connectivity index (χ2n) is 8.04. The first kappa shape index (κ1) is 19.2. The minimum Gasteiger partial charge on any atom is -0.477 e. The summed E-state index contributed by atoms with van der Waals surface area (Å²) in [6.07, 6.45) is 0. The molecule has 0 radical (unpaired) electrons. The molecular formula is C22H22F2O3. The summed E-state index contributed by atoms with van der Waals surface area (Å²) in [5.74, 6) is -3.88. The van der Waals surface area contributed by atoms with E-state index in [1.54, 1.807) is 0 Å². The molecule has 142 valence electrons. The Balaban J connectivity index is 2.08. The van der Waals surface area contributed by atoms with Crippen molar-refractivity contribution in [2.24, 2.45) is 0 Å². The van der Waals surface area contributed by atoms with Crippen molar-refractivity contribution in [1.29, 1.82) is 0 Å². The molecule has 3 rings (SSSR count). The number of benzene rings is 2. The molecule has 0 aromatic heterocycles. The smallest absolute Gasteiger partial charge is 0.341 e. The van der Waals surface area contributed by atoms with Crippen molar-refractivity contribution in [2.75, 3.05) is 6.61 Å². The highest BCUT2D eigenvalue weighted by atomic mass is 19.1. The quantitative estimate of drug-likeness (QED) is 0.799. The van der Waals surface area contributed by atoms with Gasteiger partial charge in [0.25, 0.3) is 0 Å². The van der Waals surface area contributed by atoms with E-state index >= 15 is 0 Å². The Hall–Kier alpha value is -2.53. The van der Waals surface area contributed by atoms with Crippen LogP contribution in [0.15, 0.2) is 36.9 Å². The van der Waals surface area contributed by atoms with Crippen LogP contribution in [-0.4, -0.2) is 17.7 Å². The van der Waals surface area contributed by atoms with E-state index in [0.717, 1.165) is 28.8 Å². The van der Waals surface area contributed by atoms with E-state index in [2.05, 4.69) is 20.4 Å². The van der Waals surface area contributed by atoms with Crippen LogP contribution < -0.4 is 0 Å². The summed E-state index contributed by atoms with van der Waals surface area (Å²) in [4.78, 5) is 11.0. The van der Waals surface area contributed by atoms with Crippen LogP contribution in [0.25, 0.3) is 5.57 Å². The Morgan fingerprint density at radius 1 is 1.04 bits per heavy atom. The zero-order chi connectivity index (χ0) is 20.1. The molecule has 0 amide bonds. The lowest BCUT2D eigenvalue weighted by Gasteiger charge is -2.42. The molecule has 1 aliphatic rings. The van der Waals surface area contributed by atoms with Gasteiger partial charge in [-0.15, -0.1) is 0 Å². The lowest BCUT2D eigenvalue weighted by atomic mass is 9.74. The van der Waals surface area contributed by atoms with Gasteiger partial charge in [-0.3, -0.25) is 0 Å². The summed E-state index contributed by atoms with van der Waals surface area (Å²) in [5, 5.41) is 8.92. The van der Waals surface area contributed by atoms with Crippen LogP contribution in [0, 0.1) is 11.6 Å². The zero-order valence-corrected chi connectivity index (χ0v) is 15.8. The third-order valence-electron chi connectivity index (χ3n) is 5.14. The number of ether oxygens (including phenoxy) is 1. The molecule has 27 heavy (non-hydrogen) atoms. The van der Waals surface area contributed by atoms with Crippen LogP contribution in [0.2, 0.25) is 0 Å². The highest BCUT2D eigenvalue weighted by molar-refractivity contribution is 5.89. The second-order valence-corrected chi connectivity index (χ2v) is 8.04. The fourth-order valence-corrected chi connectivity index (χ4v) is 3.45. The van der Waals surface area contributed by atoms with Gasteiger partial charge in [-0.1, -0.05) is 38.6 Å². The highest BCUT2D eigenvalue weighted by Gasteiger charge is 2.38. The van der Waals surface area contributed by atoms with Crippen LogP contribution in [0.5, 0.6) is 0 Å². The number of carboxylic acid groups (broad SMARTS) is 1. The van der Waals surface area contributed by atoms with Gasteiger partial charge >= 0.3 is 5.97 Å². The maximum atomic E-state index is 14.1. The highest BCUT2D eigenvalue weighted by Crippen LogP contribution is 2.42. The number of hydrogen-bond donors (Lipinski definition) is 1. The molecule has 0 saturated carbocycles. The Morgan fingerprint density at radius 3 is 2.19 bits per heavy atom. The molecule has 0 atom stereocenters. The first-order chi connectivity index (χ1) is 12.4. The summed E-state index contributed by atoms with van der Waals surface area (Å²) >= 11 is 0. The Kier molecular flexibility index (Phi) is 4.47. The van der Waals surface area contributed by atoms with Crippen molar-refractivity contribution in [3.05, 3.63) is 76.4 Å². The lowest BCUT2D eigenvalue weighted by molar-refractivity contribution is -0.0587. The van der Waals surface area contributed by atoms with Crippen molar-refractivity contribution in [3.63, 3.8) is 0 Å². The topological polar surface area (TPSA) is 46.5 Å². The van der Waals surface area contributed by atoms with Crippen molar-refractivity contribution < 1.29 is 23.4 Å². The number of carbonyl (C=O) groups is 1. The normalized spacial score (nSPS) is 17.3. The summed E-state index contributed by atoms with van der Waals surface area (Å²) in [5.41, 5.74) is 1.91. The molecule has 5 heteroatoms. The number of hydrogen-bond acceptors (Lipinski definition) is 2. The first-order valence-corrected chi connectivity index (χ1v) is 8.65. The minimum atomic E-state index is -1.64. The van der Waals surface area contributed by atoms with Crippen LogP contribution in [0.4, 0.5) is 8.78 Å². The fraction of sp³-hybridized carbons (Fsp3) is 0.318. The number of halogens is 2. The second kappa shape index (κ2) is 6.27. The van der Waals surface area contributed by atoms with Gasteiger partial charge in [0.2, 0.25) is 0 Å². The van der Waals surface area contributed by atoms with Gasteiger partial charge in [-0.25, -0.2) is 13.6 Å². The summed E-state index contributed by atoms with van der Waals surface area (Å²) < 4.78 is 34.1. The number of carboxylic acids is 1. The monoisotopic (exact) mass is 372 g/mol. The van der Waals surface area contributed by atoms with Gasteiger partial charge < -0.3 is 9.84 Å². The molecule has 1 heterocycles. The van der Waals surface area contributed by atoms with Crippen LogP contribution >= 0.6 is 0 Å². The van der Waals surface area contributed by atoms with Gasteiger partial charge in [0.15, 0.2) is 0 Å². The van der Waals surface area contributed by atoms with Crippen molar-refractivity contribution >= 4 is 11.5 Å². The molecule has 0 spiro atoms. The van der Waals surface area contributed by atoms with Crippen LogP contribution in [0.3, 0.4) is 0 Å². The zero-order valence-electron chi connectivity index (χ0n) is 15.8. The van der Waals surface area contributed by atoms with Gasteiger partial charge in [-0.05, 0) is 53.8 Å². The van der Waals surface area contributed by atoms with E-state index in [0.29, 0.717) is 12.2 Å². The molecule has 0 saturated heterocycles. The van der Waals surface area contributed by atoms with Gasteiger partial charge in [0.05, 0.1) is 12.2 Å². The van der Waals surface area contributed by atoms with Gasteiger partial charge in [0, 0.05) is 5.41 Å². The molecule has 1 aliphatic heterocycles. The summed E-state index contributed by atoms with van der Waals surface area (Å²) in [6.45, 7) is 12.7. The fourth-order valence-electron chi connectivity index (χ4n) is 3.45. The Morgan fingerprint density at radius 2 is 1.63 bits per heavy atom. The largest absolute Gasteiger partial charge is 0.477 e. The number of aromatic carboxylic acids is 1. The maximum absolute atomic E-state index is 14.1. The molecule has 0 bridgehead atoms. The van der Waals surface area contributed by atoms with E-state index in [-0.39, 0.29) is 11.0 Å². The molecular weight excluding hydrogens is 350 g/mol. The van der Waals surface area contributed by atoms with Crippen LogP contribution in [-0.2, 0) is 15.8 Å². The molecule has 3 nitrogen and oxygen atoms in total.